The number of ether oxygens (including phenoxy) is 1. The van der Waals surface area contributed by atoms with Crippen LogP contribution in [-0.4, -0.2) is 21.0 Å². The molecule has 5 nitrogen and oxygen atoms in total. The van der Waals surface area contributed by atoms with Gasteiger partial charge in [0.1, 0.15) is 0 Å². The van der Waals surface area contributed by atoms with E-state index in [1.807, 2.05) is 0 Å². The predicted octanol–water partition coefficient (Wildman–Crippen LogP) is 3.43. The Morgan fingerprint density at radius 3 is 2.23 bits per heavy atom. The van der Waals surface area contributed by atoms with Crippen molar-refractivity contribution in [1.82, 2.24) is 0 Å². The molecule has 0 amide bonds. The largest absolute Gasteiger partial charge is 0.462 e. The van der Waals surface area contributed by atoms with Crippen LogP contribution in [0.2, 0.25) is 0 Å². The number of benzene rings is 2. The molecule has 116 valence electrons. The summed E-state index contributed by atoms with van der Waals surface area (Å²) in [5.74, 6) is -0.479. The van der Waals surface area contributed by atoms with E-state index in [0.717, 1.165) is 4.47 Å². The molecule has 0 aliphatic carbocycles. The zero-order valence-electron chi connectivity index (χ0n) is 11.7. The number of carbonyl (C=O) groups is 1. The Morgan fingerprint density at radius 2 is 1.68 bits per heavy atom. The first-order chi connectivity index (χ1) is 10.4. The summed E-state index contributed by atoms with van der Waals surface area (Å²) in [5, 5.41) is 0. The summed E-state index contributed by atoms with van der Waals surface area (Å²) in [4.78, 5) is 11.6. The van der Waals surface area contributed by atoms with E-state index >= 15 is 0 Å². The lowest BCUT2D eigenvalue weighted by Crippen LogP contribution is -2.13. The number of esters is 1. The van der Waals surface area contributed by atoms with Gasteiger partial charge in [-0.15, -0.1) is 0 Å². The first-order valence-electron chi connectivity index (χ1n) is 6.48. The molecule has 0 spiro atoms. The fourth-order valence-electron chi connectivity index (χ4n) is 1.72. The van der Waals surface area contributed by atoms with Crippen molar-refractivity contribution in [2.24, 2.45) is 0 Å². The Morgan fingerprint density at radius 1 is 1.09 bits per heavy atom. The van der Waals surface area contributed by atoms with Crippen molar-refractivity contribution >= 4 is 37.6 Å². The molecule has 0 fully saturated rings. The second kappa shape index (κ2) is 6.93. The van der Waals surface area contributed by atoms with Crippen LogP contribution in [0.4, 0.5) is 5.69 Å². The monoisotopic (exact) mass is 383 g/mol. The van der Waals surface area contributed by atoms with Crippen LogP contribution in [0.25, 0.3) is 0 Å². The zero-order valence-corrected chi connectivity index (χ0v) is 14.1. The van der Waals surface area contributed by atoms with Crippen molar-refractivity contribution in [2.75, 3.05) is 11.3 Å². The maximum Gasteiger partial charge on any atom is 0.338 e. The molecular formula is C15H14BrNO4S. The molecule has 0 aliphatic heterocycles. The van der Waals surface area contributed by atoms with Crippen molar-refractivity contribution in [2.45, 2.75) is 11.8 Å². The Labute approximate surface area is 137 Å². The predicted molar refractivity (Wildman–Crippen MR) is 87.3 cm³/mol. The maximum absolute atomic E-state index is 12.3. The van der Waals surface area contributed by atoms with Gasteiger partial charge in [-0.3, -0.25) is 4.72 Å². The number of nitrogens with one attached hydrogen (secondary N) is 1. The van der Waals surface area contributed by atoms with Crippen molar-refractivity contribution in [3.8, 4) is 0 Å². The van der Waals surface area contributed by atoms with Crippen LogP contribution >= 0.6 is 15.9 Å². The lowest BCUT2D eigenvalue weighted by molar-refractivity contribution is 0.0526. The molecule has 0 radical (unpaired) electrons. The standard InChI is InChI=1S/C15H14BrNO4S/c1-2-21-15(18)11-3-9-14(10-4-11)22(19,20)17-13-7-5-12(16)6-8-13/h3-10,17H,2H2,1H3. The molecule has 0 atom stereocenters. The minimum Gasteiger partial charge on any atom is -0.462 e. The van der Waals surface area contributed by atoms with Gasteiger partial charge in [0, 0.05) is 10.2 Å². The van der Waals surface area contributed by atoms with Crippen LogP contribution in [0.3, 0.4) is 0 Å². The normalized spacial score (nSPS) is 11.0. The van der Waals surface area contributed by atoms with Gasteiger partial charge in [0.15, 0.2) is 0 Å². The highest BCUT2D eigenvalue weighted by Crippen LogP contribution is 2.19. The average molecular weight is 384 g/mol. The summed E-state index contributed by atoms with van der Waals surface area (Å²) >= 11 is 3.28. The molecule has 2 aromatic rings. The molecule has 0 saturated carbocycles. The number of hydrogen-bond acceptors (Lipinski definition) is 4. The van der Waals surface area contributed by atoms with Crippen LogP contribution in [0.15, 0.2) is 57.9 Å². The summed E-state index contributed by atoms with van der Waals surface area (Å²) in [6.45, 7) is 1.98. The molecule has 0 unspecified atom stereocenters. The van der Waals surface area contributed by atoms with E-state index in [1.165, 1.54) is 24.3 Å². The molecule has 0 saturated heterocycles. The minimum absolute atomic E-state index is 0.0727. The summed E-state index contributed by atoms with van der Waals surface area (Å²) in [6.07, 6.45) is 0. The molecule has 22 heavy (non-hydrogen) atoms. The fraction of sp³-hybridized carbons (Fsp3) is 0.133. The Balaban J connectivity index is 2.19. The van der Waals surface area contributed by atoms with Crippen molar-refractivity contribution in [3.05, 3.63) is 58.6 Å². The Bertz CT molecular complexity index is 755. The Hall–Kier alpha value is -1.86. The fourth-order valence-corrected chi connectivity index (χ4v) is 3.04. The van der Waals surface area contributed by atoms with Gasteiger partial charge in [0.25, 0.3) is 10.0 Å². The first-order valence-corrected chi connectivity index (χ1v) is 8.75. The molecule has 0 aromatic heterocycles. The molecule has 0 bridgehead atoms. The highest BCUT2D eigenvalue weighted by molar-refractivity contribution is 9.10. The van der Waals surface area contributed by atoms with E-state index in [0.29, 0.717) is 11.3 Å². The average Bonchev–Trinajstić information content (AvgIpc) is 2.50. The van der Waals surface area contributed by atoms with Crippen molar-refractivity contribution in [3.63, 3.8) is 0 Å². The van der Waals surface area contributed by atoms with E-state index in [-0.39, 0.29) is 11.5 Å². The topological polar surface area (TPSA) is 72.5 Å². The third kappa shape index (κ3) is 4.08. The van der Waals surface area contributed by atoms with Gasteiger partial charge in [-0.1, -0.05) is 15.9 Å². The minimum atomic E-state index is -3.70. The summed E-state index contributed by atoms with van der Waals surface area (Å²) < 4.78 is 32.7. The molecule has 7 heteroatoms. The van der Waals surface area contributed by atoms with Gasteiger partial charge in [-0.05, 0) is 55.5 Å². The van der Waals surface area contributed by atoms with Crippen LogP contribution in [-0.2, 0) is 14.8 Å². The van der Waals surface area contributed by atoms with Gasteiger partial charge < -0.3 is 4.74 Å². The highest BCUT2D eigenvalue weighted by atomic mass is 79.9. The molecule has 1 N–H and O–H groups in total. The second-order valence-electron chi connectivity index (χ2n) is 4.36. The first kappa shape index (κ1) is 16.5. The lowest BCUT2D eigenvalue weighted by Gasteiger charge is -2.09. The van der Waals surface area contributed by atoms with Gasteiger partial charge >= 0.3 is 5.97 Å². The quantitative estimate of drug-likeness (QED) is 0.802. The van der Waals surface area contributed by atoms with E-state index in [2.05, 4.69) is 20.7 Å². The number of sulfonamides is 1. The Kier molecular flexibility index (Phi) is 5.20. The van der Waals surface area contributed by atoms with E-state index in [1.54, 1.807) is 31.2 Å². The van der Waals surface area contributed by atoms with E-state index < -0.39 is 16.0 Å². The maximum atomic E-state index is 12.3. The van der Waals surface area contributed by atoms with Crippen molar-refractivity contribution < 1.29 is 17.9 Å². The van der Waals surface area contributed by atoms with Crippen LogP contribution < -0.4 is 4.72 Å². The summed E-state index contributed by atoms with van der Waals surface area (Å²) in [6, 6.07) is 12.4. The molecule has 0 heterocycles. The second-order valence-corrected chi connectivity index (χ2v) is 6.96. The van der Waals surface area contributed by atoms with E-state index in [9.17, 15) is 13.2 Å². The van der Waals surface area contributed by atoms with Gasteiger partial charge in [0.05, 0.1) is 17.1 Å². The third-order valence-electron chi connectivity index (χ3n) is 2.77. The number of halogens is 1. The zero-order chi connectivity index (χ0) is 16.2. The van der Waals surface area contributed by atoms with Crippen LogP contribution in [0.5, 0.6) is 0 Å². The molecular weight excluding hydrogens is 370 g/mol. The number of rotatable bonds is 5. The van der Waals surface area contributed by atoms with Crippen molar-refractivity contribution in [1.29, 1.82) is 0 Å². The van der Waals surface area contributed by atoms with E-state index in [4.69, 9.17) is 4.74 Å². The number of hydrogen-bond donors (Lipinski definition) is 1. The van der Waals surface area contributed by atoms with Crippen LogP contribution in [0, 0.1) is 0 Å². The molecule has 2 aromatic carbocycles. The third-order valence-corrected chi connectivity index (χ3v) is 4.70. The summed E-state index contributed by atoms with van der Waals surface area (Å²) in [5.41, 5.74) is 0.766. The summed E-state index contributed by atoms with van der Waals surface area (Å²) in [7, 11) is -3.70. The number of anilines is 1. The van der Waals surface area contributed by atoms with Crippen LogP contribution in [0.1, 0.15) is 17.3 Å². The molecule has 2 rings (SSSR count). The smallest absolute Gasteiger partial charge is 0.338 e. The molecule has 0 aliphatic rings. The highest BCUT2D eigenvalue weighted by Gasteiger charge is 2.15. The SMILES string of the molecule is CCOC(=O)c1ccc(S(=O)(=O)Nc2ccc(Br)cc2)cc1. The number of carbonyl (C=O) groups excluding carboxylic acids is 1. The van der Waals surface area contributed by atoms with Gasteiger partial charge in [-0.2, -0.15) is 0 Å². The lowest BCUT2D eigenvalue weighted by atomic mass is 10.2. The van der Waals surface area contributed by atoms with Gasteiger partial charge in [0.2, 0.25) is 0 Å². The van der Waals surface area contributed by atoms with Gasteiger partial charge in [-0.25, -0.2) is 13.2 Å².